The van der Waals surface area contributed by atoms with E-state index in [1.807, 2.05) is 0 Å². The van der Waals surface area contributed by atoms with Crippen LogP contribution in [0, 0.1) is 0 Å². The third-order valence-corrected chi connectivity index (χ3v) is 1.68. The molecule has 0 bridgehead atoms. The number of carboxylic acid groups (broad SMARTS) is 1. The number of hydrogen-bond donors (Lipinski definition) is 2. The topological polar surface area (TPSA) is 77.8 Å². The SMILES string of the molecule is CCN(C(=O)C(F)(F)F)[C@H](CO)C(=O)O. The summed E-state index contributed by atoms with van der Waals surface area (Å²) in [5.74, 6) is -3.96. The highest BCUT2D eigenvalue weighted by Gasteiger charge is 2.45. The first-order valence-corrected chi connectivity index (χ1v) is 3.97. The maximum atomic E-state index is 12.0. The van der Waals surface area contributed by atoms with Gasteiger partial charge in [-0.1, -0.05) is 0 Å². The van der Waals surface area contributed by atoms with Crippen LogP contribution >= 0.6 is 0 Å². The molecule has 0 saturated carbocycles. The fourth-order valence-electron chi connectivity index (χ4n) is 0.978. The number of carbonyl (C=O) groups excluding carboxylic acids is 1. The first-order valence-electron chi connectivity index (χ1n) is 3.97. The van der Waals surface area contributed by atoms with Crippen LogP contribution in [0.2, 0.25) is 0 Å². The molecule has 1 amide bonds. The Balaban J connectivity index is 4.90. The number of aliphatic carboxylic acids is 1. The number of nitrogens with zero attached hydrogens (tertiary/aromatic N) is 1. The number of hydrogen-bond acceptors (Lipinski definition) is 3. The predicted octanol–water partition coefficient (Wildman–Crippen LogP) is -0.157. The normalized spacial score (nSPS) is 13.4. The number of aliphatic hydroxyl groups excluding tert-OH is 1. The largest absolute Gasteiger partial charge is 0.480 e. The lowest BCUT2D eigenvalue weighted by molar-refractivity contribution is -0.190. The van der Waals surface area contributed by atoms with Gasteiger partial charge in [0, 0.05) is 6.54 Å². The van der Waals surface area contributed by atoms with Crippen LogP contribution in [-0.4, -0.2) is 52.4 Å². The Hall–Kier alpha value is -1.31. The first-order chi connectivity index (χ1) is 6.75. The quantitative estimate of drug-likeness (QED) is 0.702. The second kappa shape index (κ2) is 4.96. The summed E-state index contributed by atoms with van der Waals surface area (Å²) >= 11 is 0. The van der Waals surface area contributed by atoms with E-state index in [1.165, 1.54) is 6.92 Å². The van der Waals surface area contributed by atoms with Crippen molar-refractivity contribution >= 4 is 11.9 Å². The van der Waals surface area contributed by atoms with Crippen LogP contribution in [0.1, 0.15) is 6.92 Å². The van der Waals surface area contributed by atoms with Gasteiger partial charge < -0.3 is 15.1 Å². The van der Waals surface area contributed by atoms with Gasteiger partial charge in [-0.25, -0.2) is 4.79 Å². The smallest absolute Gasteiger partial charge is 0.471 e. The van der Waals surface area contributed by atoms with Gasteiger partial charge >= 0.3 is 18.1 Å². The van der Waals surface area contributed by atoms with E-state index in [0.29, 0.717) is 0 Å². The monoisotopic (exact) mass is 229 g/mol. The summed E-state index contributed by atoms with van der Waals surface area (Å²) in [6, 6.07) is -1.87. The van der Waals surface area contributed by atoms with Crippen molar-refractivity contribution in [3.8, 4) is 0 Å². The van der Waals surface area contributed by atoms with Gasteiger partial charge in [0.05, 0.1) is 6.61 Å². The van der Waals surface area contributed by atoms with E-state index in [-0.39, 0.29) is 4.90 Å². The number of likely N-dealkylation sites (N-methyl/N-ethyl adjacent to an activating group) is 1. The van der Waals surface area contributed by atoms with Crippen LogP contribution in [-0.2, 0) is 9.59 Å². The van der Waals surface area contributed by atoms with Crippen molar-refractivity contribution in [2.45, 2.75) is 19.1 Å². The fourth-order valence-corrected chi connectivity index (χ4v) is 0.978. The van der Waals surface area contributed by atoms with Crippen molar-refractivity contribution < 1.29 is 33.0 Å². The van der Waals surface area contributed by atoms with E-state index in [1.54, 1.807) is 0 Å². The summed E-state index contributed by atoms with van der Waals surface area (Å²) in [7, 11) is 0. The van der Waals surface area contributed by atoms with Crippen molar-refractivity contribution in [1.82, 2.24) is 4.90 Å². The molecular formula is C7H10F3NO4. The van der Waals surface area contributed by atoms with Crippen molar-refractivity contribution in [2.24, 2.45) is 0 Å². The highest BCUT2D eigenvalue weighted by Crippen LogP contribution is 2.19. The second-order valence-electron chi connectivity index (χ2n) is 2.63. The Labute approximate surface area is 83.1 Å². The number of aliphatic hydroxyl groups is 1. The molecule has 0 unspecified atom stereocenters. The number of alkyl halides is 3. The Morgan fingerprint density at radius 2 is 1.87 bits per heavy atom. The Kier molecular flexibility index (Phi) is 4.53. The molecule has 8 heteroatoms. The first kappa shape index (κ1) is 13.7. The Bertz CT molecular complexity index is 253. The molecule has 0 aromatic rings. The van der Waals surface area contributed by atoms with Gasteiger partial charge in [0.25, 0.3) is 0 Å². The van der Waals surface area contributed by atoms with Gasteiger partial charge in [-0.2, -0.15) is 13.2 Å². The molecule has 5 nitrogen and oxygen atoms in total. The van der Waals surface area contributed by atoms with Crippen molar-refractivity contribution in [2.75, 3.05) is 13.2 Å². The standard InChI is InChI=1S/C7H10F3NO4/c1-2-11(4(3-12)5(13)14)6(15)7(8,9)10/h4,12H,2-3H2,1H3,(H,13,14)/t4-/m1/s1. The lowest BCUT2D eigenvalue weighted by atomic mass is 10.2. The number of halogens is 3. The Morgan fingerprint density at radius 3 is 2.07 bits per heavy atom. The van der Waals surface area contributed by atoms with Crippen molar-refractivity contribution in [3.63, 3.8) is 0 Å². The molecule has 88 valence electrons. The minimum Gasteiger partial charge on any atom is -0.480 e. The zero-order valence-electron chi connectivity index (χ0n) is 7.78. The van der Waals surface area contributed by atoms with Crippen LogP contribution in [0.25, 0.3) is 0 Å². The molecule has 0 aliphatic rings. The van der Waals surface area contributed by atoms with E-state index >= 15 is 0 Å². The summed E-state index contributed by atoms with van der Waals surface area (Å²) in [6.07, 6.45) is -5.14. The summed E-state index contributed by atoms with van der Waals surface area (Å²) in [6.45, 7) is -0.323. The van der Waals surface area contributed by atoms with E-state index < -0.39 is 37.2 Å². The van der Waals surface area contributed by atoms with Crippen LogP contribution in [0.5, 0.6) is 0 Å². The minimum atomic E-state index is -5.14. The van der Waals surface area contributed by atoms with E-state index in [4.69, 9.17) is 10.2 Å². The molecule has 0 aromatic heterocycles. The fraction of sp³-hybridized carbons (Fsp3) is 0.714. The lowest BCUT2D eigenvalue weighted by Crippen LogP contribution is -2.51. The number of rotatable bonds is 4. The zero-order valence-corrected chi connectivity index (χ0v) is 7.78. The average molecular weight is 229 g/mol. The third kappa shape index (κ3) is 3.39. The summed E-state index contributed by atoms with van der Waals surface area (Å²) in [5, 5.41) is 17.0. The van der Waals surface area contributed by atoms with E-state index in [2.05, 4.69) is 0 Å². The van der Waals surface area contributed by atoms with Gasteiger partial charge in [-0.3, -0.25) is 4.79 Å². The van der Waals surface area contributed by atoms with Gasteiger partial charge in [-0.15, -0.1) is 0 Å². The summed E-state index contributed by atoms with van der Waals surface area (Å²) in [4.78, 5) is 21.2. The van der Waals surface area contributed by atoms with Gasteiger partial charge in [-0.05, 0) is 6.92 Å². The molecule has 0 aliphatic heterocycles. The van der Waals surface area contributed by atoms with Crippen LogP contribution < -0.4 is 0 Å². The molecule has 0 spiro atoms. The van der Waals surface area contributed by atoms with Crippen LogP contribution in [0.3, 0.4) is 0 Å². The number of amides is 1. The highest BCUT2D eigenvalue weighted by atomic mass is 19.4. The minimum absolute atomic E-state index is 0.0579. The van der Waals surface area contributed by atoms with Crippen molar-refractivity contribution in [3.05, 3.63) is 0 Å². The average Bonchev–Trinajstić information content (AvgIpc) is 2.10. The predicted molar refractivity (Wildman–Crippen MR) is 42.0 cm³/mol. The summed E-state index contributed by atoms with van der Waals surface area (Å²) in [5.41, 5.74) is 0. The van der Waals surface area contributed by atoms with Crippen LogP contribution in [0.15, 0.2) is 0 Å². The second-order valence-corrected chi connectivity index (χ2v) is 2.63. The third-order valence-electron chi connectivity index (χ3n) is 1.68. The molecule has 2 N–H and O–H groups in total. The number of carbonyl (C=O) groups is 2. The van der Waals surface area contributed by atoms with E-state index in [9.17, 15) is 22.8 Å². The molecule has 0 heterocycles. The molecule has 0 fully saturated rings. The molecule has 1 atom stereocenters. The molecule has 0 rings (SSSR count). The molecule has 15 heavy (non-hydrogen) atoms. The number of carboxylic acids is 1. The molecule has 0 saturated heterocycles. The van der Waals surface area contributed by atoms with Gasteiger partial charge in [0.15, 0.2) is 6.04 Å². The van der Waals surface area contributed by atoms with Gasteiger partial charge in [0.2, 0.25) is 0 Å². The molecular weight excluding hydrogens is 219 g/mol. The maximum Gasteiger partial charge on any atom is 0.471 e. The zero-order chi connectivity index (χ0) is 12.2. The Morgan fingerprint density at radius 1 is 1.40 bits per heavy atom. The lowest BCUT2D eigenvalue weighted by Gasteiger charge is -2.26. The van der Waals surface area contributed by atoms with Crippen LogP contribution in [0.4, 0.5) is 13.2 Å². The van der Waals surface area contributed by atoms with Crippen molar-refractivity contribution in [1.29, 1.82) is 0 Å². The molecule has 0 radical (unpaired) electrons. The van der Waals surface area contributed by atoms with Gasteiger partial charge in [0.1, 0.15) is 0 Å². The van der Waals surface area contributed by atoms with E-state index in [0.717, 1.165) is 0 Å². The highest BCUT2D eigenvalue weighted by molar-refractivity contribution is 5.87. The molecule has 0 aromatic carbocycles. The molecule has 0 aliphatic carbocycles. The summed E-state index contributed by atoms with van der Waals surface area (Å²) < 4.78 is 35.9. The maximum absolute atomic E-state index is 12.0.